The van der Waals surface area contributed by atoms with Crippen LogP contribution in [0.4, 0.5) is 29.1 Å². The molecule has 0 aliphatic carbocycles. The van der Waals surface area contributed by atoms with Crippen LogP contribution in [0.5, 0.6) is 0 Å². The van der Waals surface area contributed by atoms with Crippen molar-refractivity contribution in [2.75, 3.05) is 11.1 Å². The minimum absolute atomic E-state index is 0.146. The Morgan fingerprint density at radius 3 is 2.62 bits per heavy atom. The van der Waals surface area contributed by atoms with Crippen molar-refractivity contribution < 1.29 is 13.2 Å². The first-order chi connectivity index (χ1) is 11.2. The van der Waals surface area contributed by atoms with Crippen molar-refractivity contribution in [3.8, 4) is 10.6 Å². The number of aromatic nitrogens is 2. The predicted molar refractivity (Wildman–Crippen MR) is 92.1 cm³/mol. The van der Waals surface area contributed by atoms with Crippen LogP contribution in [0.15, 0.2) is 23.6 Å². The number of nitrogens with two attached hydrogens (primary N) is 1. The molecule has 1 aromatic carbocycles. The van der Waals surface area contributed by atoms with Crippen molar-refractivity contribution in [1.29, 1.82) is 0 Å². The molecule has 126 valence electrons. The molecule has 0 aliphatic heterocycles. The lowest BCUT2D eigenvalue weighted by molar-refractivity contribution is -0.137. The van der Waals surface area contributed by atoms with Crippen LogP contribution in [0.3, 0.4) is 0 Å². The maximum absolute atomic E-state index is 12.8. The van der Waals surface area contributed by atoms with Gasteiger partial charge in [0.15, 0.2) is 10.3 Å². The highest BCUT2D eigenvalue weighted by Gasteiger charge is 2.31. The fraction of sp³-hybridized carbons (Fsp3) is 0.143. The molecule has 3 aromatic rings. The molecule has 0 amide bonds. The van der Waals surface area contributed by atoms with Gasteiger partial charge < -0.3 is 11.1 Å². The largest absolute Gasteiger partial charge is 0.416 e. The van der Waals surface area contributed by atoms with Crippen LogP contribution >= 0.6 is 34.3 Å². The van der Waals surface area contributed by atoms with Crippen molar-refractivity contribution in [2.45, 2.75) is 13.1 Å². The van der Waals surface area contributed by atoms with E-state index in [9.17, 15) is 13.2 Å². The summed E-state index contributed by atoms with van der Waals surface area (Å²) in [4.78, 5) is 9.32. The van der Waals surface area contributed by atoms with Crippen molar-refractivity contribution in [3.63, 3.8) is 0 Å². The van der Waals surface area contributed by atoms with Gasteiger partial charge in [0.25, 0.3) is 0 Å². The number of anilines is 3. The van der Waals surface area contributed by atoms with Gasteiger partial charge in [-0.15, -0.1) is 11.3 Å². The van der Waals surface area contributed by atoms with Gasteiger partial charge in [-0.05, 0) is 25.1 Å². The van der Waals surface area contributed by atoms with E-state index in [4.69, 9.17) is 17.3 Å². The molecule has 0 saturated heterocycles. The molecule has 24 heavy (non-hydrogen) atoms. The zero-order valence-corrected chi connectivity index (χ0v) is 14.5. The molecule has 0 radical (unpaired) electrons. The zero-order chi connectivity index (χ0) is 17.5. The van der Waals surface area contributed by atoms with E-state index >= 15 is 0 Å². The summed E-state index contributed by atoms with van der Waals surface area (Å²) in [6.45, 7) is 1.82. The molecule has 0 unspecified atom stereocenters. The molecule has 0 fully saturated rings. The van der Waals surface area contributed by atoms with E-state index in [1.165, 1.54) is 28.7 Å². The third-order valence-electron chi connectivity index (χ3n) is 3.09. The zero-order valence-electron chi connectivity index (χ0n) is 12.1. The topological polar surface area (TPSA) is 63.8 Å². The number of rotatable bonds is 3. The molecule has 2 heterocycles. The van der Waals surface area contributed by atoms with E-state index in [0.29, 0.717) is 16.0 Å². The summed E-state index contributed by atoms with van der Waals surface area (Å²) in [6, 6.07) is 3.10. The third-order valence-corrected chi connectivity index (χ3v) is 5.18. The van der Waals surface area contributed by atoms with Crippen molar-refractivity contribution in [2.24, 2.45) is 0 Å². The lowest BCUT2D eigenvalue weighted by Gasteiger charge is -2.10. The molecule has 0 bridgehead atoms. The lowest BCUT2D eigenvalue weighted by atomic mass is 10.2. The van der Waals surface area contributed by atoms with Crippen LogP contribution in [-0.2, 0) is 6.18 Å². The fourth-order valence-corrected chi connectivity index (χ4v) is 3.75. The van der Waals surface area contributed by atoms with Crippen LogP contribution in [0, 0.1) is 6.92 Å². The molecule has 0 aliphatic rings. The lowest BCUT2D eigenvalue weighted by Crippen LogP contribution is -2.05. The average molecular weight is 391 g/mol. The molecular formula is C14H10ClF3N4S2. The fourth-order valence-electron chi connectivity index (χ4n) is 2.00. The van der Waals surface area contributed by atoms with Crippen molar-refractivity contribution in [1.82, 2.24) is 9.97 Å². The Balaban J connectivity index is 1.89. The summed E-state index contributed by atoms with van der Waals surface area (Å²) in [7, 11) is 0. The van der Waals surface area contributed by atoms with Gasteiger partial charge in [0.1, 0.15) is 0 Å². The minimum atomic E-state index is -4.44. The predicted octanol–water partition coefficient (Wildman–Crippen LogP) is 5.57. The highest BCUT2D eigenvalue weighted by Crippen LogP contribution is 2.37. The van der Waals surface area contributed by atoms with Crippen molar-refractivity contribution >= 4 is 50.2 Å². The molecule has 0 atom stereocenters. The SMILES string of the molecule is Cc1nc(N)sc1-c1csc(Nc2cc(C(F)(F)F)ccc2Cl)n1. The molecule has 0 spiro atoms. The first-order valence-electron chi connectivity index (χ1n) is 6.56. The number of thiazole rings is 2. The molecular weight excluding hydrogens is 381 g/mol. The first-order valence-corrected chi connectivity index (χ1v) is 8.64. The molecule has 3 rings (SSSR count). The second-order valence-corrected chi connectivity index (χ2v) is 7.12. The Morgan fingerprint density at radius 2 is 2.00 bits per heavy atom. The summed E-state index contributed by atoms with van der Waals surface area (Å²) in [5.74, 6) is 0. The maximum Gasteiger partial charge on any atom is 0.416 e. The van der Waals surface area contributed by atoms with Crippen LogP contribution in [0.1, 0.15) is 11.3 Å². The summed E-state index contributed by atoms with van der Waals surface area (Å²) in [6.07, 6.45) is -4.44. The first kappa shape index (κ1) is 17.0. The smallest absolute Gasteiger partial charge is 0.375 e. The second-order valence-electron chi connectivity index (χ2n) is 4.82. The Labute approximate surface area is 148 Å². The number of alkyl halides is 3. The highest BCUT2D eigenvalue weighted by atomic mass is 35.5. The summed E-state index contributed by atoms with van der Waals surface area (Å²) >= 11 is 8.53. The minimum Gasteiger partial charge on any atom is -0.375 e. The van der Waals surface area contributed by atoms with E-state index in [1.807, 2.05) is 6.92 Å². The standard InChI is InChI=1S/C14H10ClF3N4S2/c1-6-11(24-12(19)20-6)10-5-23-13(22-10)21-9-4-7(14(16,17)18)2-3-8(9)15/h2-5H,1H3,(H2,19,20)(H,21,22). The molecule has 0 saturated carbocycles. The van der Waals surface area contributed by atoms with Gasteiger partial charge in [-0.25, -0.2) is 9.97 Å². The van der Waals surface area contributed by atoms with Gasteiger partial charge in [-0.2, -0.15) is 13.2 Å². The van der Waals surface area contributed by atoms with Crippen molar-refractivity contribution in [3.05, 3.63) is 39.9 Å². The van der Waals surface area contributed by atoms with Crippen LogP contribution in [-0.4, -0.2) is 9.97 Å². The monoisotopic (exact) mass is 390 g/mol. The Kier molecular flexibility index (Phi) is 4.41. The van der Waals surface area contributed by atoms with E-state index in [1.54, 1.807) is 5.38 Å². The second kappa shape index (κ2) is 6.23. The normalized spacial score (nSPS) is 11.7. The van der Waals surface area contributed by atoms with Gasteiger partial charge in [-0.1, -0.05) is 22.9 Å². The quantitative estimate of drug-likeness (QED) is 0.613. The summed E-state index contributed by atoms with van der Waals surface area (Å²) in [5, 5.41) is 5.65. The summed E-state index contributed by atoms with van der Waals surface area (Å²) in [5.41, 5.74) is 6.45. The molecule has 3 N–H and O–H groups in total. The van der Waals surface area contributed by atoms with Crippen LogP contribution in [0.25, 0.3) is 10.6 Å². The number of nitrogens with one attached hydrogen (secondary N) is 1. The number of nitrogen functional groups attached to an aromatic ring is 1. The van der Waals surface area contributed by atoms with Gasteiger partial charge in [0.2, 0.25) is 0 Å². The van der Waals surface area contributed by atoms with Gasteiger partial charge >= 0.3 is 6.18 Å². The van der Waals surface area contributed by atoms with E-state index in [-0.39, 0.29) is 10.7 Å². The van der Waals surface area contributed by atoms with Crippen LogP contribution < -0.4 is 11.1 Å². The van der Waals surface area contributed by atoms with Crippen LogP contribution in [0.2, 0.25) is 5.02 Å². The summed E-state index contributed by atoms with van der Waals surface area (Å²) < 4.78 is 38.4. The van der Waals surface area contributed by atoms with E-state index in [0.717, 1.165) is 22.7 Å². The number of hydrogen-bond donors (Lipinski definition) is 2. The number of halogens is 4. The third kappa shape index (κ3) is 3.47. The number of aryl methyl sites for hydroxylation is 1. The Morgan fingerprint density at radius 1 is 1.25 bits per heavy atom. The van der Waals surface area contributed by atoms with E-state index in [2.05, 4.69) is 15.3 Å². The number of hydrogen-bond acceptors (Lipinski definition) is 6. The number of nitrogens with zero attached hydrogens (tertiary/aromatic N) is 2. The highest BCUT2D eigenvalue weighted by molar-refractivity contribution is 7.19. The van der Waals surface area contributed by atoms with Gasteiger partial charge in [-0.3, -0.25) is 0 Å². The van der Waals surface area contributed by atoms with E-state index < -0.39 is 11.7 Å². The Bertz CT molecular complexity index is 889. The molecule has 2 aromatic heterocycles. The average Bonchev–Trinajstić information content (AvgIpc) is 3.06. The molecule has 10 heteroatoms. The van der Waals surface area contributed by atoms with Gasteiger partial charge in [0.05, 0.1) is 32.5 Å². The molecule has 4 nitrogen and oxygen atoms in total. The maximum atomic E-state index is 12.8. The van der Waals surface area contributed by atoms with Gasteiger partial charge in [0, 0.05) is 5.38 Å². The Hall–Kier alpha value is -1.84. The number of benzene rings is 1.